The van der Waals surface area contributed by atoms with E-state index in [0.29, 0.717) is 6.42 Å². The molecule has 9 heteroatoms. The lowest BCUT2D eigenvalue weighted by atomic mass is 9.79. The molecule has 0 unspecified atom stereocenters. The van der Waals surface area contributed by atoms with E-state index in [0.717, 1.165) is 16.9 Å². The van der Waals surface area contributed by atoms with Gasteiger partial charge in [-0.3, -0.25) is 4.79 Å². The van der Waals surface area contributed by atoms with Crippen LogP contribution in [0.3, 0.4) is 0 Å². The normalized spacial score (nSPS) is 13.9. The van der Waals surface area contributed by atoms with Crippen molar-refractivity contribution in [3.05, 3.63) is 35.9 Å². The second-order valence-corrected chi connectivity index (χ2v) is 11.4. The quantitative estimate of drug-likeness (QED) is 0.662. The van der Waals surface area contributed by atoms with Gasteiger partial charge >= 0.3 is 0 Å². The topological polar surface area (TPSA) is 101 Å². The zero-order valence-corrected chi connectivity index (χ0v) is 18.7. The molecule has 1 atom stereocenters. The molecule has 1 amide bonds. The molecule has 28 heavy (non-hydrogen) atoms. The van der Waals surface area contributed by atoms with Crippen LogP contribution in [0.15, 0.2) is 34.7 Å². The Hall–Kier alpha value is -1.84. The van der Waals surface area contributed by atoms with Gasteiger partial charge in [0.2, 0.25) is 15.4 Å². The van der Waals surface area contributed by atoms with Gasteiger partial charge in [-0.05, 0) is 24.3 Å². The van der Waals surface area contributed by atoms with E-state index in [4.69, 9.17) is 0 Å². The maximum Gasteiger partial charge on any atom is 0.270 e. The van der Waals surface area contributed by atoms with Gasteiger partial charge in [-0.1, -0.05) is 76.3 Å². The minimum absolute atomic E-state index is 0.164. The van der Waals surface area contributed by atoms with E-state index in [9.17, 15) is 13.2 Å². The summed E-state index contributed by atoms with van der Waals surface area (Å²) in [6, 6.07) is 9.67. The fourth-order valence-electron chi connectivity index (χ4n) is 2.78. The van der Waals surface area contributed by atoms with E-state index in [-0.39, 0.29) is 26.8 Å². The summed E-state index contributed by atoms with van der Waals surface area (Å²) in [6.45, 7) is 11.3. The van der Waals surface area contributed by atoms with Gasteiger partial charge in [0.1, 0.15) is 0 Å². The Morgan fingerprint density at radius 1 is 1.11 bits per heavy atom. The summed E-state index contributed by atoms with van der Waals surface area (Å²) in [5.41, 5.74) is 0.334. The molecule has 154 valence electrons. The van der Waals surface area contributed by atoms with E-state index in [1.54, 1.807) is 20.8 Å². The van der Waals surface area contributed by atoms with Gasteiger partial charge in [0.15, 0.2) is 0 Å². The Balaban J connectivity index is 2.06. The average molecular weight is 425 g/mol. The maximum absolute atomic E-state index is 12.6. The Kier molecular flexibility index (Phi) is 6.62. The molecule has 0 radical (unpaired) electrons. The molecule has 2 rings (SSSR count). The lowest BCUT2D eigenvalue weighted by Gasteiger charge is -2.28. The van der Waals surface area contributed by atoms with Gasteiger partial charge in [-0.2, -0.15) is 0 Å². The van der Waals surface area contributed by atoms with Crippen molar-refractivity contribution in [2.24, 2.45) is 5.41 Å². The highest BCUT2D eigenvalue weighted by atomic mass is 32.2. The Labute approximate surface area is 171 Å². The number of nitrogens with zero attached hydrogens (tertiary/aromatic N) is 2. The summed E-state index contributed by atoms with van der Waals surface area (Å²) in [6.07, 6.45) is 0.614. The van der Waals surface area contributed by atoms with E-state index < -0.39 is 15.4 Å². The van der Waals surface area contributed by atoms with Crippen LogP contribution >= 0.6 is 11.3 Å². The van der Waals surface area contributed by atoms with E-state index in [1.807, 2.05) is 37.3 Å². The Bertz CT molecular complexity index is 916. The lowest BCUT2D eigenvalue weighted by molar-refractivity contribution is -0.123. The molecule has 0 aliphatic rings. The first-order valence-electron chi connectivity index (χ1n) is 9.04. The summed E-state index contributed by atoms with van der Waals surface area (Å²) in [7, 11) is -3.82. The van der Waals surface area contributed by atoms with Crippen LogP contribution < -0.4 is 10.0 Å². The highest BCUT2D eigenvalue weighted by molar-refractivity contribution is 7.91. The van der Waals surface area contributed by atoms with Crippen molar-refractivity contribution >= 4 is 32.4 Å². The molecule has 0 spiro atoms. The number of amides is 1. The number of carbonyl (C=O) groups excluding carboxylic acids is 1. The maximum atomic E-state index is 12.6. The van der Waals surface area contributed by atoms with Gasteiger partial charge < -0.3 is 5.32 Å². The van der Waals surface area contributed by atoms with Gasteiger partial charge in [0.05, 0.1) is 0 Å². The molecule has 7 nitrogen and oxygen atoms in total. The predicted molar refractivity (Wildman–Crippen MR) is 112 cm³/mol. The number of hydrogen-bond donors (Lipinski definition) is 2. The smallest absolute Gasteiger partial charge is 0.270 e. The molecule has 0 saturated heterocycles. The number of benzene rings is 1. The standard InChI is InChI=1S/C19H28N4O3S2/c1-13(12-19(5,6)14-10-8-7-9-11-14)23-28(25,26)17-22-21-16(27-17)20-15(24)18(2,3)4/h7-11,13,23H,12H2,1-6H3,(H,20,21,24)/t13-/m1/s1. The van der Waals surface area contributed by atoms with Crippen LogP contribution in [0.25, 0.3) is 0 Å². The van der Waals surface area contributed by atoms with Crippen LogP contribution in [0.1, 0.15) is 53.5 Å². The van der Waals surface area contributed by atoms with Crippen molar-refractivity contribution in [1.29, 1.82) is 0 Å². The van der Waals surface area contributed by atoms with Crippen molar-refractivity contribution in [2.75, 3.05) is 5.32 Å². The predicted octanol–water partition coefficient (Wildman–Crippen LogP) is 3.56. The van der Waals surface area contributed by atoms with E-state index in [1.165, 1.54) is 0 Å². The highest BCUT2D eigenvalue weighted by Gasteiger charge is 2.29. The number of rotatable bonds is 7. The van der Waals surface area contributed by atoms with Crippen molar-refractivity contribution in [1.82, 2.24) is 14.9 Å². The van der Waals surface area contributed by atoms with Crippen LogP contribution in [0.2, 0.25) is 0 Å². The van der Waals surface area contributed by atoms with Crippen molar-refractivity contribution in [3.8, 4) is 0 Å². The highest BCUT2D eigenvalue weighted by Crippen LogP contribution is 2.29. The van der Waals surface area contributed by atoms with Crippen LogP contribution in [0.5, 0.6) is 0 Å². The molecule has 0 saturated carbocycles. The third-order valence-corrected chi connectivity index (χ3v) is 7.06. The minimum Gasteiger partial charge on any atom is -0.300 e. The van der Waals surface area contributed by atoms with Crippen molar-refractivity contribution in [3.63, 3.8) is 0 Å². The fraction of sp³-hybridized carbons (Fsp3) is 0.526. The fourth-order valence-corrected chi connectivity index (χ4v) is 4.94. The third-order valence-electron chi connectivity index (χ3n) is 4.27. The molecule has 1 aromatic heterocycles. The first-order chi connectivity index (χ1) is 12.8. The van der Waals surface area contributed by atoms with Crippen molar-refractivity contribution in [2.45, 2.75) is 63.8 Å². The second kappa shape index (κ2) is 8.26. The molecule has 2 N–H and O–H groups in total. The van der Waals surface area contributed by atoms with Crippen LogP contribution in [-0.4, -0.2) is 30.6 Å². The van der Waals surface area contributed by atoms with E-state index >= 15 is 0 Å². The SMILES string of the molecule is C[C@H](CC(C)(C)c1ccccc1)NS(=O)(=O)c1nnc(NC(=O)C(C)(C)C)s1. The number of carbonyl (C=O) groups is 1. The molecule has 0 aliphatic carbocycles. The summed E-state index contributed by atoms with van der Waals surface area (Å²) in [4.78, 5) is 12.0. The molecule has 2 aromatic rings. The van der Waals surface area contributed by atoms with Gasteiger partial charge in [0, 0.05) is 11.5 Å². The number of hydrogen-bond acceptors (Lipinski definition) is 6. The third kappa shape index (κ3) is 5.83. The van der Waals surface area contributed by atoms with E-state index in [2.05, 4.69) is 34.1 Å². The van der Waals surface area contributed by atoms with Gasteiger partial charge in [0.25, 0.3) is 10.0 Å². The largest absolute Gasteiger partial charge is 0.300 e. The number of nitrogens with one attached hydrogen (secondary N) is 2. The number of anilines is 1. The molecule has 0 fully saturated rings. The van der Waals surface area contributed by atoms with Crippen LogP contribution in [-0.2, 0) is 20.2 Å². The summed E-state index contributed by atoms with van der Waals surface area (Å²) >= 11 is 0.836. The first-order valence-corrected chi connectivity index (χ1v) is 11.3. The lowest BCUT2D eigenvalue weighted by Crippen LogP contribution is -2.37. The summed E-state index contributed by atoms with van der Waals surface area (Å²) in [5.74, 6) is -0.251. The Morgan fingerprint density at radius 3 is 2.29 bits per heavy atom. The Morgan fingerprint density at radius 2 is 1.71 bits per heavy atom. The molecule has 0 aliphatic heterocycles. The first kappa shape index (κ1) is 22.4. The zero-order valence-electron chi connectivity index (χ0n) is 17.1. The molecular formula is C19H28N4O3S2. The van der Waals surface area contributed by atoms with Crippen molar-refractivity contribution < 1.29 is 13.2 Å². The minimum atomic E-state index is -3.82. The number of aromatic nitrogens is 2. The summed E-state index contributed by atoms with van der Waals surface area (Å²) < 4.78 is 27.8. The number of sulfonamides is 1. The zero-order chi connectivity index (χ0) is 21.2. The molecule has 1 heterocycles. The van der Waals surface area contributed by atoms with Crippen LogP contribution in [0.4, 0.5) is 5.13 Å². The monoisotopic (exact) mass is 424 g/mol. The molecule has 0 bridgehead atoms. The van der Waals surface area contributed by atoms with Gasteiger partial charge in [-0.15, -0.1) is 10.2 Å². The molecule has 1 aromatic carbocycles. The summed E-state index contributed by atoms with van der Waals surface area (Å²) in [5, 5.41) is 10.3. The second-order valence-electron chi connectivity index (χ2n) is 8.55. The van der Waals surface area contributed by atoms with Crippen LogP contribution in [0, 0.1) is 5.41 Å². The molecular weight excluding hydrogens is 396 g/mol. The van der Waals surface area contributed by atoms with Gasteiger partial charge in [-0.25, -0.2) is 13.1 Å². The average Bonchev–Trinajstić information content (AvgIpc) is 3.03.